The largest absolute Gasteiger partial charge is 1.00 e. The predicted molar refractivity (Wildman–Crippen MR) is 136 cm³/mol. The Morgan fingerprint density at radius 2 is 1.63 bits per heavy atom. The summed E-state index contributed by atoms with van der Waals surface area (Å²) in [6, 6.07) is 24.0. The van der Waals surface area contributed by atoms with Gasteiger partial charge in [0.1, 0.15) is 18.1 Å². The molecule has 2 bridgehead atoms. The molecular weight excluding hydrogens is 505 g/mol. The van der Waals surface area contributed by atoms with Gasteiger partial charge in [0.2, 0.25) is 5.82 Å². The summed E-state index contributed by atoms with van der Waals surface area (Å²) in [5.41, 5.74) is 0.444. The van der Waals surface area contributed by atoms with E-state index in [1.165, 1.54) is 6.07 Å². The molecule has 3 aromatic carbocycles. The van der Waals surface area contributed by atoms with Crippen LogP contribution >= 0.6 is 0 Å². The van der Waals surface area contributed by atoms with Crippen molar-refractivity contribution in [3.8, 4) is 5.75 Å². The number of aryl methyl sites for hydroxylation is 1. The lowest BCUT2D eigenvalue weighted by atomic mass is 9.83. The Bertz CT molecular complexity index is 1330. The van der Waals surface area contributed by atoms with Gasteiger partial charge in [-0.2, -0.15) is 4.98 Å². The average molecular weight is 536 g/mol. The number of halogens is 2. The number of benzene rings is 3. The third-order valence-electron chi connectivity index (χ3n) is 8.12. The van der Waals surface area contributed by atoms with E-state index in [4.69, 9.17) is 14.2 Å². The van der Waals surface area contributed by atoms with Gasteiger partial charge < -0.3 is 31.3 Å². The minimum Gasteiger partial charge on any atom is -1.00 e. The van der Waals surface area contributed by atoms with Crippen molar-refractivity contribution in [2.75, 3.05) is 19.6 Å². The molecule has 0 saturated carbocycles. The first-order valence-corrected chi connectivity index (χ1v) is 12.9. The quantitative estimate of drug-likeness (QED) is 0.367. The molecule has 1 atom stereocenters. The number of aromatic nitrogens is 2. The summed E-state index contributed by atoms with van der Waals surface area (Å²) in [6.07, 6.45) is 2.09. The Balaban J connectivity index is 0.00000294. The van der Waals surface area contributed by atoms with Crippen molar-refractivity contribution in [2.24, 2.45) is 5.92 Å². The summed E-state index contributed by atoms with van der Waals surface area (Å²) < 4.78 is 26.9. The molecular formula is C30H31ClFN3O3. The van der Waals surface area contributed by atoms with Crippen molar-refractivity contribution in [1.82, 2.24) is 10.1 Å². The number of piperidine rings is 3. The summed E-state index contributed by atoms with van der Waals surface area (Å²) >= 11 is 0. The van der Waals surface area contributed by atoms with E-state index in [-0.39, 0.29) is 30.2 Å². The number of fused-ring (bicyclic) bond motifs is 3. The number of quaternary nitrogens is 1. The molecule has 1 N–H and O–H groups in total. The van der Waals surface area contributed by atoms with Crippen LogP contribution in [0.1, 0.15) is 41.2 Å². The van der Waals surface area contributed by atoms with Gasteiger partial charge in [-0.25, -0.2) is 4.39 Å². The molecule has 198 valence electrons. The molecule has 3 aliphatic rings. The summed E-state index contributed by atoms with van der Waals surface area (Å²) in [7, 11) is 0. The van der Waals surface area contributed by atoms with E-state index >= 15 is 0 Å². The second kappa shape index (κ2) is 10.5. The van der Waals surface area contributed by atoms with Crippen LogP contribution < -0.4 is 17.1 Å². The highest BCUT2D eigenvalue weighted by Gasteiger charge is 2.48. The fourth-order valence-electron chi connectivity index (χ4n) is 5.94. The third kappa shape index (κ3) is 4.82. The molecule has 0 amide bonds. The molecule has 7 rings (SSSR count). The standard InChI is InChI=1S/C30H31FN3O3.ClH/c1-21-12-13-25(18-26(21)31)36-27-19-34(16-14-22(27)15-17-34)20-28-32-29(33-37-28)30(35,23-8-4-2-5-9-23)24-10-6-3-7-11-24;/h2-13,18,22,27,35H,14-17,19-20H2,1H3;1H/q+1;/p-1/t22?,27-,34?;/m0./s1. The predicted octanol–water partition coefficient (Wildman–Crippen LogP) is 1.99. The molecule has 3 saturated heterocycles. The van der Waals surface area contributed by atoms with Gasteiger partial charge in [0, 0.05) is 24.8 Å². The monoisotopic (exact) mass is 535 g/mol. The molecule has 0 aliphatic carbocycles. The summed E-state index contributed by atoms with van der Waals surface area (Å²) in [6.45, 7) is 5.14. The van der Waals surface area contributed by atoms with Gasteiger partial charge in [-0.1, -0.05) is 71.9 Å². The Hall–Kier alpha value is -3.26. The fraction of sp³-hybridized carbons (Fsp3) is 0.333. The van der Waals surface area contributed by atoms with Crippen LogP contribution in [0.15, 0.2) is 83.4 Å². The molecule has 38 heavy (non-hydrogen) atoms. The molecule has 0 spiro atoms. The number of hydrogen-bond acceptors (Lipinski definition) is 5. The van der Waals surface area contributed by atoms with E-state index in [2.05, 4.69) is 5.16 Å². The number of nitrogens with zero attached hydrogens (tertiary/aromatic N) is 3. The SMILES string of the molecule is Cc1ccc(O[C@H]2C[N+]3(Cc4nc(C(O)(c5ccccc5)c5ccccc5)no4)CCC2CC3)cc1F.[Cl-]. The Morgan fingerprint density at radius 3 is 2.24 bits per heavy atom. The van der Waals surface area contributed by atoms with Crippen molar-refractivity contribution < 1.29 is 35.6 Å². The fourth-order valence-corrected chi connectivity index (χ4v) is 5.94. The van der Waals surface area contributed by atoms with Crippen LogP contribution in [-0.2, 0) is 12.1 Å². The molecule has 6 nitrogen and oxygen atoms in total. The summed E-state index contributed by atoms with van der Waals surface area (Å²) in [5, 5.41) is 16.3. The first-order valence-electron chi connectivity index (χ1n) is 12.9. The zero-order chi connectivity index (χ0) is 25.5. The van der Waals surface area contributed by atoms with E-state index in [1.807, 2.05) is 66.7 Å². The van der Waals surface area contributed by atoms with Crippen molar-refractivity contribution in [1.29, 1.82) is 0 Å². The molecule has 4 heterocycles. The van der Waals surface area contributed by atoms with Crippen molar-refractivity contribution in [2.45, 2.75) is 38.0 Å². The van der Waals surface area contributed by atoms with Crippen molar-refractivity contribution in [3.05, 3.63) is 113 Å². The number of aliphatic hydroxyl groups is 1. The second-order valence-electron chi connectivity index (χ2n) is 10.5. The molecule has 1 aromatic heterocycles. The van der Waals surface area contributed by atoms with Crippen molar-refractivity contribution >= 4 is 0 Å². The lowest BCUT2D eigenvalue weighted by Gasteiger charge is -2.51. The summed E-state index contributed by atoms with van der Waals surface area (Å²) in [4.78, 5) is 4.74. The van der Waals surface area contributed by atoms with Gasteiger partial charge in [-0.15, -0.1) is 0 Å². The smallest absolute Gasteiger partial charge is 0.282 e. The van der Waals surface area contributed by atoms with Gasteiger partial charge in [0.15, 0.2) is 18.2 Å². The highest BCUT2D eigenvalue weighted by atomic mass is 35.5. The zero-order valence-electron chi connectivity index (χ0n) is 21.3. The van der Waals surface area contributed by atoms with E-state index in [1.54, 1.807) is 13.0 Å². The lowest BCUT2D eigenvalue weighted by molar-refractivity contribution is -0.959. The normalized spacial score (nSPS) is 22.6. The van der Waals surface area contributed by atoms with Crippen LogP contribution in [0.5, 0.6) is 5.75 Å². The van der Waals surface area contributed by atoms with E-state index in [0.29, 0.717) is 40.8 Å². The molecule has 3 fully saturated rings. The average Bonchev–Trinajstić information content (AvgIpc) is 3.40. The van der Waals surface area contributed by atoms with Crippen LogP contribution in [0.25, 0.3) is 0 Å². The maximum atomic E-state index is 14.1. The van der Waals surface area contributed by atoms with E-state index < -0.39 is 5.60 Å². The molecule has 8 heteroatoms. The van der Waals surface area contributed by atoms with Gasteiger partial charge in [0.05, 0.1) is 13.1 Å². The van der Waals surface area contributed by atoms with Crippen LogP contribution in [0.3, 0.4) is 0 Å². The van der Waals surface area contributed by atoms with Gasteiger partial charge in [-0.05, 0) is 29.7 Å². The summed E-state index contributed by atoms with van der Waals surface area (Å²) in [5.74, 6) is 1.53. The van der Waals surface area contributed by atoms with Crippen LogP contribution in [0.4, 0.5) is 4.39 Å². The molecule has 3 aliphatic heterocycles. The number of ether oxygens (including phenoxy) is 1. The van der Waals surface area contributed by atoms with Crippen LogP contribution in [-0.4, -0.2) is 45.5 Å². The maximum absolute atomic E-state index is 14.1. The van der Waals surface area contributed by atoms with E-state index in [9.17, 15) is 9.50 Å². The van der Waals surface area contributed by atoms with Crippen molar-refractivity contribution in [3.63, 3.8) is 0 Å². The zero-order valence-corrected chi connectivity index (χ0v) is 22.0. The topological polar surface area (TPSA) is 68.4 Å². The Morgan fingerprint density at radius 1 is 1.00 bits per heavy atom. The van der Waals surface area contributed by atoms with Crippen LogP contribution in [0, 0.1) is 18.7 Å². The molecule has 0 unspecified atom stereocenters. The Kier molecular flexibility index (Phi) is 7.27. The lowest BCUT2D eigenvalue weighted by Crippen LogP contribution is -3.00. The third-order valence-corrected chi connectivity index (χ3v) is 8.12. The van der Waals surface area contributed by atoms with Crippen LogP contribution in [0.2, 0.25) is 0 Å². The highest BCUT2D eigenvalue weighted by molar-refractivity contribution is 5.42. The minimum absolute atomic E-state index is 0. The Labute approximate surface area is 228 Å². The second-order valence-corrected chi connectivity index (χ2v) is 10.5. The maximum Gasteiger partial charge on any atom is 0.282 e. The molecule has 0 radical (unpaired) electrons. The number of hydrogen-bond donors (Lipinski definition) is 1. The highest BCUT2D eigenvalue weighted by Crippen LogP contribution is 2.39. The first-order chi connectivity index (χ1) is 18.0. The van der Waals surface area contributed by atoms with E-state index in [0.717, 1.165) is 37.0 Å². The first kappa shape index (κ1) is 26.4. The molecule has 4 aromatic rings. The minimum atomic E-state index is -1.53. The van der Waals surface area contributed by atoms with Gasteiger partial charge >= 0.3 is 0 Å². The number of rotatable bonds is 7. The van der Waals surface area contributed by atoms with Gasteiger partial charge in [0.25, 0.3) is 5.89 Å². The van der Waals surface area contributed by atoms with Gasteiger partial charge in [-0.3, -0.25) is 0 Å².